The molecule has 3 amide bonds. The van der Waals surface area contributed by atoms with Gasteiger partial charge in [0.05, 0.1) is 0 Å². The van der Waals surface area contributed by atoms with Gasteiger partial charge in [-0.3, -0.25) is 24.6 Å². The molecular weight excluding hydrogens is 718 g/mol. The van der Waals surface area contributed by atoms with Crippen LogP contribution in [0.5, 0.6) is 5.75 Å². The number of aromatic hydroxyl groups is 1. The number of nitrogens with zero attached hydrogens (tertiary/aromatic N) is 4. The van der Waals surface area contributed by atoms with Crippen molar-refractivity contribution in [1.29, 1.82) is 0 Å². The summed E-state index contributed by atoms with van der Waals surface area (Å²) in [6, 6.07) is 28.0. The quantitative estimate of drug-likeness (QED) is 0.210. The third kappa shape index (κ3) is 6.55. The fourth-order valence-corrected chi connectivity index (χ4v) is 11.1. The lowest BCUT2D eigenvalue weighted by Crippen LogP contribution is -2.64. The standard InChI is InChI=1S/C47H50FN5O4/c48-41-4-2-1-3-39(41)40-12-7-31-26-36(54)11-14-37(31)44(40)30-5-8-33(9-6-30)51-23-19-47(20-24-51)28-52(29-47)34-17-21-50(22-18-34)35-10-13-38-32(25-35)27-53(46(38)57)42-15-16-43(55)49-45(42)56/h1-6,8-11,13-14,25-26,34,40,42,44,54H,7,12,15-24,27-29H2,(H,49,55,56)/t40-,42?,44-/m0/s1. The Bertz CT molecular complexity index is 2220. The van der Waals surface area contributed by atoms with Crippen LogP contribution >= 0.6 is 0 Å². The Kier molecular flexibility index (Phi) is 9.07. The molecule has 0 aromatic heterocycles. The zero-order valence-electron chi connectivity index (χ0n) is 32.3. The topological polar surface area (TPSA) is 96.4 Å². The Morgan fingerprint density at radius 2 is 1.46 bits per heavy atom. The van der Waals surface area contributed by atoms with Gasteiger partial charge in [0.2, 0.25) is 11.8 Å². The average molecular weight is 768 g/mol. The van der Waals surface area contributed by atoms with Crippen LogP contribution in [0.1, 0.15) is 95.0 Å². The van der Waals surface area contributed by atoms with Crippen LogP contribution < -0.4 is 15.1 Å². The van der Waals surface area contributed by atoms with Crippen LogP contribution in [0.2, 0.25) is 0 Å². The maximum atomic E-state index is 15.2. The van der Waals surface area contributed by atoms with Gasteiger partial charge >= 0.3 is 0 Å². The van der Waals surface area contributed by atoms with Crippen molar-refractivity contribution in [3.05, 3.63) is 124 Å². The first-order valence-corrected chi connectivity index (χ1v) is 20.9. The van der Waals surface area contributed by atoms with Crippen LogP contribution in [0.4, 0.5) is 15.8 Å². The minimum atomic E-state index is -0.591. The molecule has 3 atom stereocenters. The number of anilines is 2. The molecule has 57 heavy (non-hydrogen) atoms. The van der Waals surface area contributed by atoms with E-state index in [-0.39, 0.29) is 47.5 Å². The number of piperidine rings is 3. The molecule has 5 aliphatic heterocycles. The van der Waals surface area contributed by atoms with Gasteiger partial charge in [0.25, 0.3) is 5.91 Å². The van der Waals surface area contributed by atoms with Crippen molar-refractivity contribution >= 4 is 29.1 Å². The van der Waals surface area contributed by atoms with Gasteiger partial charge in [-0.15, -0.1) is 0 Å². The molecule has 4 aromatic rings. The fraction of sp³-hybridized carbons (Fsp3) is 0.426. The largest absolute Gasteiger partial charge is 0.508 e. The number of carbonyl (C=O) groups excluding carboxylic acids is 3. The smallest absolute Gasteiger partial charge is 0.255 e. The summed E-state index contributed by atoms with van der Waals surface area (Å²) in [6.45, 7) is 6.83. The van der Waals surface area contributed by atoms with E-state index in [1.807, 2.05) is 30.3 Å². The molecule has 1 unspecified atom stereocenters. The van der Waals surface area contributed by atoms with Gasteiger partial charge in [-0.05, 0) is 133 Å². The van der Waals surface area contributed by atoms with E-state index < -0.39 is 6.04 Å². The molecule has 0 bridgehead atoms. The third-order valence-corrected chi connectivity index (χ3v) is 14.3. The molecule has 1 spiro atoms. The highest BCUT2D eigenvalue weighted by Gasteiger charge is 2.47. The fourth-order valence-electron chi connectivity index (χ4n) is 11.1. The highest BCUT2D eigenvalue weighted by atomic mass is 19.1. The predicted octanol–water partition coefficient (Wildman–Crippen LogP) is 6.73. The third-order valence-electron chi connectivity index (χ3n) is 14.3. The molecule has 294 valence electrons. The monoisotopic (exact) mass is 767 g/mol. The molecule has 6 aliphatic rings. The Balaban J connectivity index is 0.733. The molecule has 4 aromatic carbocycles. The number of imide groups is 1. The van der Waals surface area contributed by atoms with Gasteiger partial charge < -0.3 is 19.8 Å². The molecule has 5 heterocycles. The Morgan fingerprint density at radius 1 is 0.719 bits per heavy atom. The van der Waals surface area contributed by atoms with E-state index in [0.717, 1.165) is 74.2 Å². The number of amides is 3. The molecule has 10 rings (SSSR count). The van der Waals surface area contributed by atoms with Crippen LogP contribution in [0, 0.1) is 11.2 Å². The maximum Gasteiger partial charge on any atom is 0.255 e. The number of benzene rings is 4. The Hall–Kier alpha value is -5.22. The molecule has 1 aliphatic carbocycles. The molecule has 2 N–H and O–H groups in total. The van der Waals surface area contributed by atoms with Gasteiger partial charge in [0, 0.05) is 81.1 Å². The summed E-state index contributed by atoms with van der Waals surface area (Å²) in [5, 5.41) is 12.6. The van der Waals surface area contributed by atoms with Crippen molar-refractivity contribution in [2.75, 3.05) is 49.1 Å². The summed E-state index contributed by atoms with van der Waals surface area (Å²) in [7, 11) is 0. The number of halogens is 1. The van der Waals surface area contributed by atoms with E-state index in [9.17, 15) is 19.5 Å². The number of aryl methyl sites for hydroxylation is 1. The molecular formula is C47H50FN5O4. The van der Waals surface area contributed by atoms with E-state index in [1.165, 1.54) is 42.7 Å². The van der Waals surface area contributed by atoms with Crippen molar-refractivity contribution in [3.63, 3.8) is 0 Å². The lowest BCUT2D eigenvalue weighted by molar-refractivity contribution is -0.136. The number of fused-ring (bicyclic) bond motifs is 2. The van der Waals surface area contributed by atoms with Gasteiger partial charge in [-0.1, -0.05) is 36.4 Å². The molecule has 4 fully saturated rings. The molecule has 0 saturated carbocycles. The number of carbonyl (C=O) groups is 3. The summed E-state index contributed by atoms with van der Waals surface area (Å²) in [5.74, 6) is -0.579. The number of rotatable bonds is 6. The van der Waals surface area contributed by atoms with Crippen molar-refractivity contribution in [2.24, 2.45) is 5.41 Å². The zero-order valence-corrected chi connectivity index (χ0v) is 32.3. The van der Waals surface area contributed by atoms with E-state index in [1.54, 1.807) is 23.1 Å². The second kappa shape index (κ2) is 14.3. The van der Waals surface area contributed by atoms with Gasteiger partial charge in [-0.25, -0.2) is 4.39 Å². The second-order valence-electron chi connectivity index (χ2n) is 17.5. The van der Waals surface area contributed by atoms with Crippen LogP contribution in [-0.4, -0.2) is 84.0 Å². The second-order valence-corrected chi connectivity index (χ2v) is 17.5. The van der Waals surface area contributed by atoms with E-state index >= 15 is 4.39 Å². The number of likely N-dealkylation sites (tertiary alicyclic amines) is 1. The lowest BCUT2D eigenvalue weighted by Gasteiger charge is -2.57. The van der Waals surface area contributed by atoms with Crippen LogP contribution in [-0.2, 0) is 22.6 Å². The predicted molar refractivity (Wildman–Crippen MR) is 217 cm³/mol. The zero-order chi connectivity index (χ0) is 38.8. The highest BCUT2D eigenvalue weighted by molar-refractivity contribution is 6.05. The Labute approximate surface area is 333 Å². The molecule has 4 saturated heterocycles. The number of phenolic OH excluding ortho intramolecular Hbond substituents is 1. The van der Waals surface area contributed by atoms with Crippen molar-refractivity contribution in [2.45, 2.75) is 81.8 Å². The van der Waals surface area contributed by atoms with Gasteiger partial charge in [-0.2, -0.15) is 0 Å². The molecule has 9 nitrogen and oxygen atoms in total. The number of hydrogen-bond donors (Lipinski definition) is 2. The Morgan fingerprint density at radius 3 is 2.21 bits per heavy atom. The van der Waals surface area contributed by atoms with Gasteiger partial charge in [0.1, 0.15) is 17.6 Å². The molecule has 0 radical (unpaired) electrons. The normalized spacial score (nSPS) is 25.0. The summed E-state index contributed by atoms with van der Waals surface area (Å²) < 4.78 is 15.2. The summed E-state index contributed by atoms with van der Waals surface area (Å²) in [5.41, 5.74) is 8.70. The van der Waals surface area contributed by atoms with Crippen LogP contribution in [0.3, 0.4) is 0 Å². The van der Waals surface area contributed by atoms with Crippen LogP contribution in [0.15, 0.2) is 84.9 Å². The number of nitrogens with one attached hydrogen (secondary N) is 1. The summed E-state index contributed by atoms with van der Waals surface area (Å²) >= 11 is 0. The first-order valence-electron chi connectivity index (χ1n) is 20.9. The van der Waals surface area contributed by atoms with Crippen molar-refractivity contribution < 1.29 is 23.9 Å². The summed E-state index contributed by atoms with van der Waals surface area (Å²) in [4.78, 5) is 46.6. The van der Waals surface area contributed by atoms with Crippen molar-refractivity contribution in [1.82, 2.24) is 15.1 Å². The maximum absolute atomic E-state index is 15.2. The highest BCUT2D eigenvalue weighted by Crippen LogP contribution is 2.48. The summed E-state index contributed by atoms with van der Waals surface area (Å²) in [6.07, 6.45) is 6.93. The minimum absolute atomic E-state index is 0.0228. The minimum Gasteiger partial charge on any atom is -0.508 e. The van der Waals surface area contributed by atoms with E-state index in [0.29, 0.717) is 30.0 Å². The van der Waals surface area contributed by atoms with E-state index in [4.69, 9.17) is 0 Å². The van der Waals surface area contributed by atoms with E-state index in [2.05, 4.69) is 56.4 Å². The van der Waals surface area contributed by atoms with Crippen molar-refractivity contribution in [3.8, 4) is 5.75 Å². The van der Waals surface area contributed by atoms with Gasteiger partial charge in [0.15, 0.2) is 0 Å². The molecule has 10 heteroatoms. The SMILES string of the molecule is O=C1CCC(N2Cc3cc(N4CCC(N5CC6(CCN(c7ccc([C@H]8c9ccc(O)cc9CC[C@H]8c8ccccc8F)cc7)CC6)C5)CC4)ccc3C2=O)C(=O)N1. The first kappa shape index (κ1) is 36.1. The number of phenols is 1. The first-order chi connectivity index (χ1) is 27.7. The lowest BCUT2D eigenvalue weighted by atomic mass is 9.69. The number of hydrogen-bond acceptors (Lipinski definition) is 7. The van der Waals surface area contributed by atoms with Crippen LogP contribution in [0.25, 0.3) is 0 Å². The average Bonchev–Trinajstić information content (AvgIpc) is 3.54.